The Bertz CT molecular complexity index is 874. The SMILES string of the molecule is COc1ccc(CN2C(=O)[C@]3(CO[C@@H](C[Si](C)(C)C)C3)c3ccccc32)cc1. The normalized spacial score (nSPS) is 24.1. The van der Waals surface area contributed by atoms with E-state index in [0.29, 0.717) is 13.2 Å². The highest BCUT2D eigenvalue weighted by atomic mass is 28.3. The summed E-state index contributed by atoms with van der Waals surface area (Å²) in [6.07, 6.45) is 0.983. The Kier molecular flexibility index (Phi) is 4.84. The maximum atomic E-state index is 13.7. The van der Waals surface area contributed by atoms with Crippen LogP contribution < -0.4 is 9.64 Å². The number of para-hydroxylation sites is 1. The second-order valence-electron chi connectivity index (χ2n) is 9.24. The summed E-state index contributed by atoms with van der Waals surface area (Å²) in [7, 11) is 0.410. The van der Waals surface area contributed by atoms with Gasteiger partial charge in [-0.2, -0.15) is 0 Å². The number of methoxy groups -OCH3 is 1. The van der Waals surface area contributed by atoms with Gasteiger partial charge >= 0.3 is 0 Å². The number of hydrogen-bond acceptors (Lipinski definition) is 3. The van der Waals surface area contributed by atoms with Crippen LogP contribution in [0.2, 0.25) is 25.7 Å². The smallest absolute Gasteiger partial charge is 0.240 e. The zero-order valence-electron chi connectivity index (χ0n) is 17.2. The van der Waals surface area contributed by atoms with E-state index in [1.54, 1.807) is 7.11 Å². The van der Waals surface area contributed by atoms with Crippen LogP contribution in [0, 0.1) is 0 Å². The average Bonchev–Trinajstić information content (AvgIpc) is 3.17. The molecular formula is C23H29NO3Si. The summed E-state index contributed by atoms with van der Waals surface area (Å²) >= 11 is 0. The van der Waals surface area contributed by atoms with Gasteiger partial charge in [0.2, 0.25) is 5.91 Å². The van der Waals surface area contributed by atoms with E-state index in [1.807, 2.05) is 41.3 Å². The number of rotatable bonds is 5. The number of fused-ring (bicyclic) bond motifs is 2. The van der Waals surface area contributed by atoms with Crippen LogP contribution in [0.3, 0.4) is 0 Å². The fourth-order valence-corrected chi connectivity index (χ4v) is 6.21. The molecule has 2 aromatic carbocycles. The zero-order chi connectivity index (χ0) is 19.9. The molecule has 5 heteroatoms. The molecule has 1 fully saturated rings. The molecule has 2 atom stereocenters. The van der Waals surface area contributed by atoms with Gasteiger partial charge in [-0.15, -0.1) is 0 Å². The molecule has 2 aliphatic heterocycles. The Morgan fingerprint density at radius 1 is 1.14 bits per heavy atom. The number of carbonyl (C=O) groups is 1. The Hall–Kier alpha value is -2.11. The summed E-state index contributed by atoms with van der Waals surface area (Å²) in [5.74, 6) is 1.01. The minimum atomic E-state index is -1.25. The molecule has 0 unspecified atom stereocenters. The van der Waals surface area contributed by atoms with E-state index in [9.17, 15) is 4.79 Å². The molecule has 28 heavy (non-hydrogen) atoms. The van der Waals surface area contributed by atoms with Crippen molar-refractivity contribution in [1.82, 2.24) is 0 Å². The molecule has 2 aromatic rings. The number of benzene rings is 2. The van der Waals surface area contributed by atoms with Crippen LogP contribution in [0.25, 0.3) is 0 Å². The van der Waals surface area contributed by atoms with Gasteiger partial charge in [0.1, 0.15) is 11.2 Å². The third-order valence-corrected chi connectivity index (χ3v) is 7.53. The van der Waals surface area contributed by atoms with Crippen molar-refractivity contribution in [1.29, 1.82) is 0 Å². The molecule has 2 heterocycles. The topological polar surface area (TPSA) is 38.8 Å². The lowest BCUT2D eigenvalue weighted by atomic mass is 9.80. The summed E-state index contributed by atoms with van der Waals surface area (Å²) in [5.41, 5.74) is 2.73. The van der Waals surface area contributed by atoms with E-state index in [1.165, 1.54) is 0 Å². The zero-order valence-corrected chi connectivity index (χ0v) is 18.2. The van der Waals surface area contributed by atoms with Crippen LogP contribution in [0.4, 0.5) is 5.69 Å². The van der Waals surface area contributed by atoms with Crippen LogP contribution in [-0.2, 0) is 21.5 Å². The maximum absolute atomic E-state index is 13.7. The molecule has 0 aromatic heterocycles. The van der Waals surface area contributed by atoms with E-state index in [4.69, 9.17) is 9.47 Å². The molecule has 4 nitrogen and oxygen atoms in total. The van der Waals surface area contributed by atoms with Gasteiger partial charge in [-0.1, -0.05) is 50.0 Å². The largest absolute Gasteiger partial charge is 0.497 e. The van der Waals surface area contributed by atoms with Crippen molar-refractivity contribution in [2.45, 2.75) is 50.2 Å². The fourth-order valence-electron chi connectivity index (χ4n) is 4.58. The van der Waals surface area contributed by atoms with Gasteiger partial charge in [0.05, 0.1) is 26.4 Å². The summed E-state index contributed by atoms with van der Waals surface area (Å²) in [4.78, 5) is 15.6. The lowest BCUT2D eigenvalue weighted by molar-refractivity contribution is -0.123. The van der Waals surface area contributed by atoms with E-state index >= 15 is 0 Å². The van der Waals surface area contributed by atoms with Gasteiger partial charge in [-0.3, -0.25) is 4.79 Å². The minimum Gasteiger partial charge on any atom is -0.497 e. The van der Waals surface area contributed by atoms with Gasteiger partial charge in [0, 0.05) is 13.8 Å². The third-order valence-electron chi connectivity index (χ3n) is 5.85. The Morgan fingerprint density at radius 3 is 2.54 bits per heavy atom. The fraction of sp³-hybridized carbons (Fsp3) is 0.435. The first-order valence-electron chi connectivity index (χ1n) is 9.98. The van der Waals surface area contributed by atoms with Crippen LogP contribution >= 0.6 is 0 Å². The standard InChI is InChI=1S/C23H29NO3Si/c1-26-18-11-9-17(10-12-18)14-24-21-8-6-5-7-20(21)23(22(24)25)13-19(27-16-23)15-28(2,3)4/h5-12,19H,13-16H2,1-4H3/t19-,23-/m1/s1. The molecule has 2 aliphatic rings. The number of nitrogens with zero attached hydrogens (tertiary/aromatic N) is 1. The van der Waals surface area contributed by atoms with E-state index in [0.717, 1.165) is 35.0 Å². The number of hydrogen-bond donors (Lipinski definition) is 0. The molecule has 0 aliphatic carbocycles. The van der Waals surface area contributed by atoms with Crippen molar-refractivity contribution in [3.05, 3.63) is 59.7 Å². The Balaban J connectivity index is 1.63. The van der Waals surface area contributed by atoms with Crippen LogP contribution in [0.5, 0.6) is 5.75 Å². The lowest BCUT2D eigenvalue weighted by Gasteiger charge is -2.24. The first kappa shape index (κ1) is 19.2. The first-order valence-corrected chi connectivity index (χ1v) is 13.7. The van der Waals surface area contributed by atoms with Gasteiger partial charge < -0.3 is 14.4 Å². The Morgan fingerprint density at radius 2 is 1.86 bits per heavy atom. The third kappa shape index (κ3) is 3.38. The summed E-state index contributed by atoms with van der Waals surface area (Å²) in [6, 6.07) is 17.3. The lowest BCUT2D eigenvalue weighted by Crippen LogP contribution is -2.41. The molecule has 0 radical (unpaired) electrons. The molecule has 1 spiro atoms. The van der Waals surface area contributed by atoms with Crippen LogP contribution in [-0.4, -0.2) is 33.8 Å². The number of anilines is 1. The van der Waals surface area contributed by atoms with Gasteiger partial charge in [0.15, 0.2) is 0 Å². The quantitative estimate of drug-likeness (QED) is 0.694. The molecule has 4 rings (SSSR count). The Labute approximate surface area is 168 Å². The molecule has 0 bridgehead atoms. The van der Waals surface area contributed by atoms with Gasteiger partial charge in [0.25, 0.3) is 0 Å². The van der Waals surface area contributed by atoms with Crippen molar-refractivity contribution in [2.75, 3.05) is 18.6 Å². The monoisotopic (exact) mass is 395 g/mol. The molecular weight excluding hydrogens is 366 g/mol. The van der Waals surface area contributed by atoms with Crippen molar-refractivity contribution >= 4 is 19.7 Å². The van der Waals surface area contributed by atoms with Crippen molar-refractivity contribution in [3.63, 3.8) is 0 Å². The maximum Gasteiger partial charge on any atom is 0.240 e. The second-order valence-corrected chi connectivity index (χ2v) is 14.8. The first-order chi connectivity index (χ1) is 13.3. The summed E-state index contributed by atoms with van der Waals surface area (Å²) in [5, 5.41) is 0. The molecule has 1 saturated heterocycles. The highest BCUT2D eigenvalue weighted by Crippen LogP contribution is 2.49. The summed E-state index contributed by atoms with van der Waals surface area (Å²) < 4.78 is 11.4. The minimum absolute atomic E-state index is 0.183. The van der Waals surface area contributed by atoms with Gasteiger partial charge in [-0.05, 0) is 41.8 Å². The predicted molar refractivity (Wildman–Crippen MR) is 115 cm³/mol. The van der Waals surface area contributed by atoms with Crippen molar-refractivity contribution < 1.29 is 14.3 Å². The number of amides is 1. The molecule has 148 valence electrons. The van der Waals surface area contributed by atoms with Crippen molar-refractivity contribution in [2.24, 2.45) is 0 Å². The molecule has 0 N–H and O–H groups in total. The number of ether oxygens (including phenoxy) is 2. The van der Waals surface area contributed by atoms with Crippen molar-refractivity contribution in [3.8, 4) is 5.75 Å². The summed E-state index contributed by atoms with van der Waals surface area (Å²) in [6.45, 7) is 8.16. The van der Waals surface area contributed by atoms with E-state index in [2.05, 4.69) is 31.8 Å². The van der Waals surface area contributed by atoms with E-state index < -0.39 is 13.5 Å². The highest BCUT2D eigenvalue weighted by molar-refractivity contribution is 6.76. The van der Waals surface area contributed by atoms with Crippen LogP contribution in [0.15, 0.2) is 48.5 Å². The molecule has 1 amide bonds. The molecule has 0 saturated carbocycles. The second kappa shape index (κ2) is 7.05. The van der Waals surface area contributed by atoms with Gasteiger partial charge in [-0.25, -0.2) is 0 Å². The number of carbonyl (C=O) groups excluding carboxylic acids is 1. The predicted octanol–water partition coefficient (Wildman–Crippen LogP) is 4.61. The highest BCUT2D eigenvalue weighted by Gasteiger charge is 2.55. The van der Waals surface area contributed by atoms with Crippen LogP contribution in [0.1, 0.15) is 17.5 Å². The van der Waals surface area contributed by atoms with E-state index in [-0.39, 0.29) is 12.0 Å². The average molecular weight is 396 g/mol.